The van der Waals surface area contributed by atoms with Crippen LogP contribution in [0.2, 0.25) is 0 Å². The van der Waals surface area contributed by atoms with Crippen LogP contribution in [0.1, 0.15) is 29.9 Å². The molecule has 0 saturated carbocycles. The standard InChI is InChI=1S/C18H18BrN5/c19-15-4-2-1-3-12(15)16-13(9-20)17(11-5-7-21-8-6-11)23-18-14(16)10-22-24-18/h1-4,10-11,16,21H,5-8H2,(H2,22,23,24). The minimum atomic E-state index is -0.0922. The number of H-pyrrole nitrogens is 1. The predicted molar refractivity (Wildman–Crippen MR) is 96.4 cm³/mol. The van der Waals surface area contributed by atoms with Crippen LogP contribution in [0.4, 0.5) is 5.82 Å². The maximum Gasteiger partial charge on any atom is 0.129 e. The molecule has 24 heavy (non-hydrogen) atoms. The fourth-order valence-corrected chi connectivity index (χ4v) is 4.23. The fraction of sp³-hybridized carbons (Fsp3) is 0.333. The summed E-state index contributed by atoms with van der Waals surface area (Å²) in [5, 5.41) is 24.1. The molecule has 1 fully saturated rings. The number of piperidine rings is 1. The molecule has 2 aliphatic rings. The van der Waals surface area contributed by atoms with Crippen LogP contribution >= 0.6 is 15.9 Å². The van der Waals surface area contributed by atoms with Gasteiger partial charge in [-0.25, -0.2) is 0 Å². The second-order valence-corrected chi connectivity index (χ2v) is 7.10. The highest BCUT2D eigenvalue weighted by Gasteiger charge is 2.35. The van der Waals surface area contributed by atoms with Gasteiger partial charge in [0.15, 0.2) is 0 Å². The molecule has 1 saturated heterocycles. The molecule has 0 radical (unpaired) electrons. The summed E-state index contributed by atoms with van der Waals surface area (Å²) in [4.78, 5) is 0. The summed E-state index contributed by atoms with van der Waals surface area (Å²) >= 11 is 3.65. The summed E-state index contributed by atoms with van der Waals surface area (Å²) in [6, 6.07) is 10.6. The summed E-state index contributed by atoms with van der Waals surface area (Å²) in [5.41, 5.74) is 3.99. The minimum Gasteiger partial charge on any atom is -0.343 e. The highest BCUT2D eigenvalue weighted by atomic mass is 79.9. The van der Waals surface area contributed by atoms with E-state index in [1.165, 1.54) is 0 Å². The topological polar surface area (TPSA) is 76.5 Å². The van der Waals surface area contributed by atoms with Gasteiger partial charge in [-0.2, -0.15) is 10.4 Å². The first-order valence-electron chi connectivity index (χ1n) is 8.19. The van der Waals surface area contributed by atoms with E-state index in [-0.39, 0.29) is 5.92 Å². The van der Waals surface area contributed by atoms with E-state index in [4.69, 9.17) is 0 Å². The number of allylic oxidation sites excluding steroid dienone is 2. The number of nitriles is 1. The highest BCUT2D eigenvalue weighted by molar-refractivity contribution is 9.10. The van der Waals surface area contributed by atoms with Gasteiger partial charge in [0.1, 0.15) is 5.82 Å². The van der Waals surface area contributed by atoms with Crippen molar-refractivity contribution in [1.82, 2.24) is 15.5 Å². The number of nitrogens with zero attached hydrogens (tertiary/aromatic N) is 2. The number of rotatable bonds is 2. The van der Waals surface area contributed by atoms with E-state index in [1.54, 1.807) is 0 Å². The molecule has 1 aromatic carbocycles. The van der Waals surface area contributed by atoms with E-state index in [0.29, 0.717) is 5.92 Å². The van der Waals surface area contributed by atoms with Crippen molar-refractivity contribution in [3.63, 3.8) is 0 Å². The SMILES string of the molecule is N#CC1=C(C2CCNCC2)Nc2[nH]ncc2C1c1ccccc1Br. The van der Waals surface area contributed by atoms with E-state index in [1.807, 2.05) is 24.4 Å². The number of hydrogen-bond acceptors (Lipinski definition) is 4. The molecular formula is C18H18BrN5. The molecule has 6 heteroatoms. The van der Waals surface area contributed by atoms with Crippen molar-refractivity contribution in [3.05, 3.63) is 57.3 Å². The van der Waals surface area contributed by atoms with Crippen molar-refractivity contribution in [3.8, 4) is 6.07 Å². The first-order valence-corrected chi connectivity index (χ1v) is 8.98. The van der Waals surface area contributed by atoms with Gasteiger partial charge in [-0.05, 0) is 37.6 Å². The molecule has 1 atom stereocenters. The summed E-state index contributed by atoms with van der Waals surface area (Å²) < 4.78 is 1.02. The Morgan fingerprint density at radius 2 is 1.96 bits per heavy atom. The van der Waals surface area contributed by atoms with Crippen molar-refractivity contribution >= 4 is 21.7 Å². The maximum atomic E-state index is 9.97. The van der Waals surface area contributed by atoms with E-state index in [2.05, 4.69) is 48.9 Å². The van der Waals surface area contributed by atoms with Crippen molar-refractivity contribution in [2.24, 2.45) is 5.92 Å². The largest absolute Gasteiger partial charge is 0.343 e. The van der Waals surface area contributed by atoms with Crippen molar-refractivity contribution in [2.75, 3.05) is 18.4 Å². The molecule has 5 nitrogen and oxygen atoms in total. The maximum absolute atomic E-state index is 9.97. The van der Waals surface area contributed by atoms with Gasteiger partial charge in [0, 0.05) is 21.7 Å². The molecule has 4 rings (SSSR count). The Balaban J connectivity index is 1.87. The lowest BCUT2D eigenvalue weighted by Crippen LogP contribution is -2.32. The molecule has 3 N–H and O–H groups in total. The monoisotopic (exact) mass is 383 g/mol. The minimum absolute atomic E-state index is 0.0922. The Labute approximate surface area is 149 Å². The van der Waals surface area contributed by atoms with Gasteiger partial charge in [0.25, 0.3) is 0 Å². The van der Waals surface area contributed by atoms with Crippen LogP contribution < -0.4 is 10.6 Å². The lowest BCUT2D eigenvalue weighted by molar-refractivity contribution is 0.418. The fourth-order valence-electron chi connectivity index (χ4n) is 3.72. The summed E-state index contributed by atoms with van der Waals surface area (Å²) in [5.74, 6) is 1.19. The third-order valence-electron chi connectivity index (χ3n) is 4.90. The first kappa shape index (κ1) is 15.4. The number of anilines is 1. The lowest BCUT2D eigenvalue weighted by atomic mass is 9.79. The molecule has 1 unspecified atom stereocenters. The molecule has 122 valence electrons. The zero-order valence-electron chi connectivity index (χ0n) is 13.1. The van der Waals surface area contributed by atoms with Gasteiger partial charge in [-0.3, -0.25) is 5.10 Å². The third kappa shape index (κ3) is 2.54. The summed E-state index contributed by atoms with van der Waals surface area (Å²) in [6.07, 6.45) is 3.91. The quantitative estimate of drug-likeness (QED) is 0.741. The van der Waals surface area contributed by atoms with E-state index < -0.39 is 0 Å². The Morgan fingerprint density at radius 1 is 1.17 bits per heavy atom. The van der Waals surface area contributed by atoms with Gasteiger partial charge in [0.05, 0.1) is 23.8 Å². The van der Waals surface area contributed by atoms with Crippen LogP contribution in [-0.2, 0) is 0 Å². The summed E-state index contributed by atoms with van der Waals surface area (Å²) in [6.45, 7) is 1.98. The van der Waals surface area contributed by atoms with Crippen LogP contribution in [0.3, 0.4) is 0 Å². The first-order chi connectivity index (χ1) is 11.8. The van der Waals surface area contributed by atoms with Gasteiger partial charge in [-0.15, -0.1) is 0 Å². The number of hydrogen-bond donors (Lipinski definition) is 3. The Hall–Kier alpha value is -2.10. The lowest BCUT2D eigenvalue weighted by Gasteiger charge is -2.33. The zero-order chi connectivity index (χ0) is 16.5. The van der Waals surface area contributed by atoms with Crippen LogP contribution in [-0.4, -0.2) is 23.3 Å². The zero-order valence-corrected chi connectivity index (χ0v) is 14.7. The average molecular weight is 384 g/mol. The van der Waals surface area contributed by atoms with Gasteiger partial charge >= 0.3 is 0 Å². The van der Waals surface area contributed by atoms with Gasteiger partial charge in [0.2, 0.25) is 0 Å². The molecule has 2 aromatic rings. The highest BCUT2D eigenvalue weighted by Crippen LogP contribution is 2.45. The van der Waals surface area contributed by atoms with E-state index in [9.17, 15) is 5.26 Å². The molecule has 0 spiro atoms. The van der Waals surface area contributed by atoms with Crippen molar-refractivity contribution in [2.45, 2.75) is 18.8 Å². The third-order valence-corrected chi connectivity index (χ3v) is 5.62. The number of fused-ring (bicyclic) bond motifs is 1. The van der Waals surface area contributed by atoms with Crippen LogP contribution in [0.5, 0.6) is 0 Å². The van der Waals surface area contributed by atoms with E-state index >= 15 is 0 Å². The number of nitrogens with one attached hydrogen (secondary N) is 3. The number of aromatic amines is 1. The van der Waals surface area contributed by atoms with Crippen molar-refractivity contribution in [1.29, 1.82) is 5.26 Å². The second-order valence-electron chi connectivity index (χ2n) is 6.24. The van der Waals surface area contributed by atoms with E-state index in [0.717, 1.165) is 58.6 Å². The number of benzene rings is 1. The normalized spacial score (nSPS) is 21.1. The van der Waals surface area contributed by atoms with Crippen LogP contribution in [0, 0.1) is 17.2 Å². The molecule has 3 heterocycles. The Kier molecular flexibility index (Phi) is 4.13. The second kappa shape index (κ2) is 6.42. The van der Waals surface area contributed by atoms with Crippen LogP contribution in [0.25, 0.3) is 0 Å². The molecule has 0 amide bonds. The van der Waals surface area contributed by atoms with Gasteiger partial charge < -0.3 is 10.6 Å². The summed E-state index contributed by atoms with van der Waals surface area (Å²) in [7, 11) is 0. The average Bonchev–Trinajstić information content (AvgIpc) is 3.10. The van der Waals surface area contributed by atoms with Crippen LogP contribution in [0.15, 0.2) is 46.2 Å². The number of aromatic nitrogens is 2. The predicted octanol–water partition coefficient (Wildman–Crippen LogP) is 3.51. The molecule has 2 aliphatic heterocycles. The van der Waals surface area contributed by atoms with Crippen molar-refractivity contribution < 1.29 is 0 Å². The Bertz CT molecular complexity index is 826. The molecule has 0 aliphatic carbocycles. The molecular weight excluding hydrogens is 366 g/mol. The molecule has 1 aromatic heterocycles. The number of halogens is 1. The van der Waals surface area contributed by atoms with Gasteiger partial charge in [-0.1, -0.05) is 34.1 Å². The smallest absolute Gasteiger partial charge is 0.129 e. The molecule has 0 bridgehead atoms. The Morgan fingerprint density at radius 3 is 2.71 bits per heavy atom.